The molecule has 108 valence electrons. The molecule has 0 amide bonds. The third kappa shape index (κ3) is 4.73. The predicted octanol–water partition coefficient (Wildman–Crippen LogP) is 0.593. The Balaban J connectivity index is 1.69. The summed E-state index contributed by atoms with van der Waals surface area (Å²) in [7, 11) is 1.70. The molecule has 0 saturated carbocycles. The fraction of sp³-hybridized carbons (Fsp3) is 0.429. The third-order valence-electron chi connectivity index (χ3n) is 2.79. The van der Waals surface area contributed by atoms with Gasteiger partial charge < -0.3 is 15.4 Å². The van der Waals surface area contributed by atoms with Gasteiger partial charge in [-0.25, -0.2) is 0 Å². The summed E-state index contributed by atoms with van der Waals surface area (Å²) >= 11 is 0. The number of rotatable bonds is 9. The topological polar surface area (TPSA) is 64.0 Å². The first kappa shape index (κ1) is 14.6. The molecule has 0 bridgehead atoms. The Morgan fingerprint density at radius 2 is 1.90 bits per heavy atom. The molecule has 1 heterocycles. The minimum atomic E-state index is 0.721. The zero-order chi connectivity index (χ0) is 14.0. The van der Waals surface area contributed by atoms with E-state index in [9.17, 15) is 0 Å². The summed E-state index contributed by atoms with van der Waals surface area (Å²) in [6, 6.07) is 9.89. The van der Waals surface area contributed by atoms with Crippen LogP contribution in [0.2, 0.25) is 0 Å². The van der Waals surface area contributed by atoms with E-state index in [1.165, 1.54) is 0 Å². The van der Waals surface area contributed by atoms with Crippen molar-refractivity contribution in [3.8, 4) is 5.69 Å². The van der Waals surface area contributed by atoms with E-state index in [-0.39, 0.29) is 0 Å². The summed E-state index contributed by atoms with van der Waals surface area (Å²) in [6.45, 7) is 4.14. The van der Waals surface area contributed by atoms with E-state index in [1.54, 1.807) is 18.1 Å². The molecule has 0 spiro atoms. The fourth-order valence-corrected chi connectivity index (χ4v) is 1.75. The standard InChI is InChI=1S/C14H21N5O/c1-20-10-9-15-7-8-16-11-13-12-17-19(18-13)14-5-3-2-4-6-14/h2-6,12,15-16H,7-11H2,1H3. The lowest BCUT2D eigenvalue weighted by molar-refractivity contribution is 0.199. The Bertz CT molecular complexity index is 485. The van der Waals surface area contributed by atoms with Crippen LogP contribution < -0.4 is 10.6 Å². The molecule has 2 aromatic rings. The summed E-state index contributed by atoms with van der Waals surface area (Å²) in [5, 5.41) is 15.3. The molecule has 20 heavy (non-hydrogen) atoms. The van der Waals surface area contributed by atoms with E-state index < -0.39 is 0 Å². The van der Waals surface area contributed by atoms with Crippen LogP contribution in [0, 0.1) is 0 Å². The van der Waals surface area contributed by atoms with Gasteiger partial charge in [-0.3, -0.25) is 0 Å². The van der Waals surface area contributed by atoms with Crippen LogP contribution in [0.1, 0.15) is 5.69 Å². The van der Waals surface area contributed by atoms with E-state index in [1.807, 2.05) is 30.3 Å². The molecule has 6 heteroatoms. The highest BCUT2D eigenvalue weighted by molar-refractivity contribution is 5.28. The highest BCUT2D eigenvalue weighted by Crippen LogP contribution is 2.03. The van der Waals surface area contributed by atoms with Gasteiger partial charge in [-0.05, 0) is 12.1 Å². The molecular weight excluding hydrogens is 254 g/mol. The lowest BCUT2D eigenvalue weighted by Gasteiger charge is -2.04. The van der Waals surface area contributed by atoms with Gasteiger partial charge in [-0.15, -0.1) is 0 Å². The molecule has 0 unspecified atom stereocenters. The molecule has 1 aromatic carbocycles. The molecule has 0 saturated heterocycles. The number of aromatic nitrogens is 3. The largest absolute Gasteiger partial charge is 0.383 e. The van der Waals surface area contributed by atoms with Crippen molar-refractivity contribution in [1.82, 2.24) is 25.6 Å². The van der Waals surface area contributed by atoms with Crippen LogP contribution >= 0.6 is 0 Å². The van der Waals surface area contributed by atoms with Gasteiger partial charge in [-0.2, -0.15) is 15.0 Å². The Hall–Kier alpha value is -1.76. The summed E-state index contributed by atoms with van der Waals surface area (Å²) < 4.78 is 4.96. The van der Waals surface area contributed by atoms with Crippen LogP contribution in [-0.2, 0) is 11.3 Å². The molecule has 2 N–H and O–H groups in total. The van der Waals surface area contributed by atoms with Crippen molar-refractivity contribution in [1.29, 1.82) is 0 Å². The smallest absolute Gasteiger partial charge is 0.0969 e. The average Bonchev–Trinajstić information content (AvgIpc) is 2.96. The van der Waals surface area contributed by atoms with Crippen molar-refractivity contribution < 1.29 is 4.74 Å². The first-order valence-electron chi connectivity index (χ1n) is 6.77. The lowest BCUT2D eigenvalue weighted by Crippen LogP contribution is -2.29. The van der Waals surface area contributed by atoms with Crippen LogP contribution in [0.15, 0.2) is 36.5 Å². The van der Waals surface area contributed by atoms with Crippen molar-refractivity contribution in [2.75, 3.05) is 33.4 Å². The molecule has 0 aliphatic carbocycles. The van der Waals surface area contributed by atoms with Crippen molar-refractivity contribution in [3.63, 3.8) is 0 Å². The maximum absolute atomic E-state index is 4.96. The number of ether oxygens (including phenoxy) is 1. The minimum absolute atomic E-state index is 0.721. The molecular formula is C14H21N5O. The van der Waals surface area contributed by atoms with Gasteiger partial charge in [0.05, 0.1) is 24.2 Å². The second-order valence-corrected chi connectivity index (χ2v) is 4.38. The first-order valence-corrected chi connectivity index (χ1v) is 6.77. The lowest BCUT2D eigenvalue weighted by atomic mass is 10.3. The summed E-state index contributed by atoms with van der Waals surface area (Å²) in [4.78, 5) is 1.65. The van der Waals surface area contributed by atoms with Gasteiger partial charge in [0, 0.05) is 33.3 Å². The van der Waals surface area contributed by atoms with E-state index in [4.69, 9.17) is 4.74 Å². The highest BCUT2D eigenvalue weighted by atomic mass is 16.5. The number of para-hydroxylation sites is 1. The van der Waals surface area contributed by atoms with Crippen molar-refractivity contribution in [3.05, 3.63) is 42.2 Å². The van der Waals surface area contributed by atoms with Gasteiger partial charge in [0.25, 0.3) is 0 Å². The number of nitrogens with zero attached hydrogens (tertiary/aromatic N) is 3. The van der Waals surface area contributed by atoms with Gasteiger partial charge in [-0.1, -0.05) is 18.2 Å². The van der Waals surface area contributed by atoms with E-state index in [2.05, 4.69) is 20.8 Å². The molecule has 1 aromatic heterocycles. The number of benzene rings is 1. The highest BCUT2D eigenvalue weighted by Gasteiger charge is 2.01. The predicted molar refractivity (Wildman–Crippen MR) is 77.8 cm³/mol. The monoisotopic (exact) mass is 275 g/mol. The second-order valence-electron chi connectivity index (χ2n) is 4.38. The van der Waals surface area contributed by atoms with Crippen LogP contribution in [0.5, 0.6) is 0 Å². The minimum Gasteiger partial charge on any atom is -0.383 e. The van der Waals surface area contributed by atoms with Crippen molar-refractivity contribution >= 4 is 0 Å². The average molecular weight is 275 g/mol. The van der Waals surface area contributed by atoms with Gasteiger partial charge in [0.2, 0.25) is 0 Å². The van der Waals surface area contributed by atoms with E-state index in [0.717, 1.165) is 44.2 Å². The number of hydrogen-bond acceptors (Lipinski definition) is 5. The summed E-state index contributed by atoms with van der Waals surface area (Å²) in [5.41, 5.74) is 1.91. The van der Waals surface area contributed by atoms with E-state index in [0.29, 0.717) is 0 Å². The van der Waals surface area contributed by atoms with E-state index >= 15 is 0 Å². The van der Waals surface area contributed by atoms with Gasteiger partial charge in [0.1, 0.15) is 0 Å². The maximum atomic E-state index is 4.96. The van der Waals surface area contributed by atoms with Crippen molar-refractivity contribution in [2.24, 2.45) is 0 Å². The first-order chi connectivity index (χ1) is 9.90. The maximum Gasteiger partial charge on any atom is 0.0969 e. The fourth-order valence-electron chi connectivity index (χ4n) is 1.75. The summed E-state index contributed by atoms with van der Waals surface area (Å²) in [5.74, 6) is 0. The normalized spacial score (nSPS) is 10.8. The van der Waals surface area contributed by atoms with Crippen molar-refractivity contribution in [2.45, 2.75) is 6.54 Å². The molecule has 0 aliphatic heterocycles. The Kier molecular flexibility index (Phi) is 6.16. The zero-order valence-corrected chi connectivity index (χ0v) is 11.7. The molecule has 0 aliphatic rings. The van der Waals surface area contributed by atoms with Gasteiger partial charge >= 0.3 is 0 Å². The zero-order valence-electron chi connectivity index (χ0n) is 11.7. The molecule has 0 radical (unpaired) electrons. The van der Waals surface area contributed by atoms with Crippen LogP contribution in [-0.4, -0.2) is 48.3 Å². The van der Waals surface area contributed by atoms with Crippen LogP contribution in [0.3, 0.4) is 0 Å². The Morgan fingerprint density at radius 1 is 1.10 bits per heavy atom. The SMILES string of the molecule is COCCNCCNCc1cnn(-c2ccccc2)n1. The number of methoxy groups -OCH3 is 1. The number of hydrogen-bond donors (Lipinski definition) is 2. The third-order valence-corrected chi connectivity index (χ3v) is 2.79. The molecule has 2 rings (SSSR count). The number of nitrogens with one attached hydrogen (secondary N) is 2. The van der Waals surface area contributed by atoms with Crippen LogP contribution in [0.25, 0.3) is 5.69 Å². The van der Waals surface area contributed by atoms with Gasteiger partial charge in [0.15, 0.2) is 0 Å². The molecule has 0 fully saturated rings. The quantitative estimate of drug-likeness (QED) is 0.656. The molecule has 6 nitrogen and oxygen atoms in total. The Morgan fingerprint density at radius 3 is 2.70 bits per heavy atom. The van der Waals surface area contributed by atoms with Crippen LogP contribution in [0.4, 0.5) is 0 Å². The second kappa shape index (κ2) is 8.42. The molecule has 0 atom stereocenters. The summed E-state index contributed by atoms with van der Waals surface area (Å²) in [6.07, 6.45) is 1.79. The Labute approximate surface area is 119 Å².